The van der Waals surface area contributed by atoms with Crippen molar-refractivity contribution in [1.82, 2.24) is 0 Å². The van der Waals surface area contributed by atoms with E-state index in [1.165, 1.54) is 12.1 Å². The number of halogens is 2. The number of benzene rings is 1. The maximum atomic E-state index is 13.8. The zero-order valence-corrected chi connectivity index (χ0v) is 9.64. The Bertz CT molecular complexity index is 476. The Labute approximate surface area is 98.1 Å². The summed E-state index contributed by atoms with van der Waals surface area (Å²) in [6.07, 6.45) is 3.83. The van der Waals surface area contributed by atoms with Crippen molar-refractivity contribution >= 4 is 17.7 Å². The predicted octanol–water partition coefficient (Wildman–Crippen LogP) is 3.50. The molecule has 0 heterocycles. The van der Waals surface area contributed by atoms with E-state index in [0.29, 0.717) is 29.0 Å². The molecule has 0 bridgehead atoms. The summed E-state index contributed by atoms with van der Waals surface area (Å²) in [5.74, 6) is -0.347. The summed E-state index contributed by atoms with van der Waals surface area (Å²) in [6, 6.07) is 2.96. The molecule has 84 valence electrons. The molecular weight excluding hydrogens is 229 g/mol. The SMILES string of the molecule is Cc1cc(F)c(C2(N=C=O)CCC2)cc1Cl. The van der Waals surface area contributed by atoms with Crippen LogP contribution in [0.15, 0.2) is 17.1 Å². The second-order valence-electron chi connectivity index (χ2n) is 4.17. The Morgan fingerprint density at radius 1 is 1.50 bits per heavy atom. The van der Waals surface area contributed by atoms with Crippen molar-refractivity contribution < 1.29 is 9.18 Å². The molecule has 1 aliphatic rings. The van der Waals surface area contributed by atoms with Crippen molar-refractivity contribution in [3.05, 3.63) is 34.1 Å². The number of aryl methyl sites for hydroxylation is 1. The van der Waals surface area contributed by atoms with Crippen molar-refractivity contribution in [2.75, 3.05) is 0 Å². The van der Waals surface area contributed by atoms with Crippen molar-refractivity contribution in [3.8, 4) is 0 Å². The summed E-state index contributed by atoms with van der Waals surface area (Å²) < 4.78 is 13.8. The molecule has 0 N–H and O–H groups in total. The number of hydrogen-bond donors (Lipinski definition) is 0. The highest BCUT2D eigenvalue weighted by atomic mass is 35.5. The van der Waals surface area contributed by atoms with Crippen molar-refractivity contribution in [1.29, 1.82) is 0 Å². The maximum Gasteiger partial charge on any atom is 0.235 e. The smallest absolute Gasteiger partial charge is 0.211 e. The third-order valence-corrected chi connectivity index (χ3v) is 3.60. The number of isocyanates is 1. The summed E-state index contributed by atoms with van der Waals surface area (Å²) >= 11 is 5.97. The van der Waals surface area contributed by atoms with Gasteiger partial charge in [0.05, 0.1) is 0 Å². The van der Waals surface area contributed by atoms with Crippen LogP contribution in [0.25, 0.3) is 0 Å². The standard InChI is InChI=1S/C12H11ClFNO/c1-8-5-11(14)9(6-10(8)13)12(15-7-16)3-2-4-12/h5-6H,2-4H2,1H3. The van der Waals surface area contributed by atoms with Crippen LogP contribution in [0.3, 0.4) is 0 Å². The zero-order valence-electron chi connectivity index (χ0n) is 8.89. The van der Waals surface area contributed by atoms with Gasteiger partial charge in [-0.05, 0) is 43.9 Å². The van der Waals surface area contributed by atoms with Gasteiger partial charge in [0.1, 0.15) is 11.4 Å². The third-order valence-electron chi connectivity index (χ3n) is 3.19. The lowest BCUT2D eigenvalue weighted by atomic mass is 9.72. The minimum absolute atomic E-state index is 0.347. The topological polar surface area (TPSA) is 29.4 Å². The molecule has 0 aromatic heterocycles. The molecule has 0 amide bonds. The van der Waals surface area contributed by atoms with Crippen LogP contribution in [0.2, 0.25) is 5.02 Å². The first kappa shape index (κ1) is 11.3. The van der Waals surface area contributed by atoms with Crippen LogP contribution >= 0.6 is 11.6 Å². The molecule has 0 unspecified atom stereocenters. The fourth-order valence-corrected chi connectivity index (χ4v) is 2.21. The third kappa shape index (κ3) is 1.66. The average Bonchev–Trinajstić information content (AvgIpc) is 2.18. The predicted molar refractivity (Wildman–Crippen MR) is 59.8 cm³/mol. The molecule has 2 nitrogen and oxygen atoms in total. The molecule has 1 aliphatic carbocycles. The molecule has 0 aliphatic heterocycles. The first-order chi connectivity index (χ1) is 7.59. The summed E-state index contributed by atoms with van der Waals surface area (Å²) in [5.41, 5.74) is 0.383. The van der Waals surface area contributed by atoms with Gasteiger partial charge in [-0.3, -0.25) is 0 Å². The second kappa shape index (κ2) is 4.00. The van der Waals surface area contributed by atoms with Crippen molar-refractivity contribution in [3.63, 3.8) is 0 Å². The van der Waals surface area contributed by atoms with Gasteiger partial charge in [-0.1, -0.05) is 11.6 Å². The average molecular weight is 240 g/mol. The van der Waals surface area contributed by atoms with E-state index in [1.807, 2.05) is 0 Å². The van der Waals surface area contributed by atoms with E-state index >= 15 is 0 Å². The molecule has 1 saturated carbocycles. The van der Waals surface area contributed by atoms with E-state index in [9.17, 15) is 9.18 Å². The van der Waals surface area contributed by atoms with Gasteiger partial charge >= 0.3 is 0 Å². The van der Waals surface area contributed by atoms with Gasteiger partial charge in [0.25, 0.3) is 0 Å². The quantitative estimate of drug-likeness (QED) is 0.574. The van der Waals surface area contributed by atoms with Gasteiger partial charge in [0.15, 0.2) is 0 Å². The van der Waals surface area contributed by atoms with Gasteiger partial charge in [-0.15, -0.1) is 0 Å². The number of rotatable bonds is 2. The molecule has 1 fully saturated rings. The molecule has 1 aromatic rings. The van der Waals surface area contributed by atoms with Crippen molar-refractivity contribution in [2.24, 2.45) is 4.99 Å². The number of nitrogens with zero attached hydrogens (tertiary/aromatic N) is 1. The Balaban J connectivity index is 2.54. The molecule has 1 aromatic carbocycles. The van der Waals surface area contributed by atoms with Gasteiger partial charge in [-0.2, -0.15) is 4.99 Å². The van der Waals surface area contributed by atoms with E-state index in [4.69, 9.17) is 11.6 Å². The van der Waals surface area contributed by atoms with Crippen LogP contribution in [0.5, 0.6) is 0 Å². The van der Waals surface area contributed by atoms with Crippen LogP contribution in [-0.2, 0) is 10.3 Å². The fourth-order valence-electron chi connectivity index (χ4n) is 2.04. The Kier molecular flexibility index (Phi) is 2.83. The summed E-state index contributed by atoms with van der Waals surface area (Å²) in [6.45, 7) is 1.74. The minimum atomic E-state index is -0.719. The molecular formula is C12H11ClFNO. The molecule has 0 atom stereocenters. The molecule has 0 saturated heterocycles. The normalized spacial score (nSPS) is 17.4. The molecule has 0 spiro atoms. The largest absolute Gasteiger partial charge is 0.235 e. The van der Waals surface area contributed by atoms with Crippen LogP contribution < -0.4 is 0 Å². The van der Waals surface area contributed by atoms with E-state index < -0.39 is 5.54 Å². The van der Waals surface area contributed by atoms with Crippen LogP contribution in [-0.4, -0.2) is 6.08 Å². The summed E-state index contributed by atoms with van der Waals surface area (Å²) in [4.78, 5) is 14.2. The minimum Gasteiger partial charge on any atom is -0.211 e. The fraction of sp³-hybridized carbons (Fsp3) is 0.417. The lowest BCUT2D eigenvalue weighted by molar-refractivity contribution is 0.247. The monoisotopic (exact) mass is 239 g/mol. The zero-order chi connectivity index (χ0) is 11.8. The van der Waals surface area contributed by atoms with E-state index in [0.717, 1.165) is 6.42 Å². The van der Waals surface area contributed by atoms with E-state index in [-0.39, 0.29) is 5.82 Å². The highest BCUT2D eigenvalue weighted by Gasteiger charge is 2.41. The van der Waals surface area contributed by atoms with Gasteiger partial charge in [-0.25, -0.2) is 9.18 Å². The van der Waals surface area contributed by atoms with Crippen LogP contribution in [0, 0.1) is 12.7 Å². The highest BCUT2D eigenvalue weighted by Crippen LogP contribution is 2.46. The van der Waals surface area contributed by atoms with Crippen LogP contribution in [0.4, 0.5) is 4.39 Å². The molecule has 2 rings (SSSR count). The number of aliphatic imine (C=N–C) groups is 1. The Hall–Kier alpha value is -1.18. The molecule has 16 heavy (non-hydrogen) atoms. The Morgan fingerprint density at radius 2 is 2.19 bits per heavy atom. The lowest BCUT2D eigenvalue weighted by Gasteiger charge is -2.37. The molecule has 0 radical (unpaired) electrons. The number of hydrogen-bond acceptors (Lipinski definition) is 2. The van der Waals surface area contributed by atoms with Crippen LogP contribution in [0.1, 0.15) is 30.4 Å². The second-order valence-corrected chi connectivity index (χ2v) is 4.58. The van der Waals surface area contributed by atoms with Gasteiger partial charge in [0, 0.05) is 10.6 Å². The van der Waals surface area contributed by atoms with Crippen molar-refractivity contribution in [2.45, 2.75) is 31.7 Å². The first-order valence-corrected chi connectivity index (χ1v) is 5.52. The van der Waals surface area contributed by atoms with E-state index in [2.05, 4.69) is 4.99 Å². The lowest BCUT2D eigenvalue weighted by Crippen LogP contribution is -2.33. The highest BCUT2D eigenvalue weighted by molar-refractivity contribution is 6.31. The summed E-state index contributed by atoms with van der Waals surface area (Å²) in [5, 5.41) is 0.503. The number of carbonyl (C=O) groups excluding carboxylic acids is 1. The molecule has 4 heteroatoms. The van der Waals surface area contributed by atoms with Gasteiger partial charge < -0.3 is 0 Å². The van der Waals surface area contributed by atoms with E-state index in [1.54, 1.807) is 13.0 Å². The maximum absolute atomic E-state index is 13.8. The summed E-state index contributed by atoms with van der Waals surface area (Å²) in [7, 11) is 0. The Morgan fingerprint density at radius 3 is 2.69 bits per heavy atom. The van der Waals surface area contributed by atoms with Gasteiger partial charge in [0.2, 0.25) is 6.08 Å². The first-order valence-electron chi connectivity index (χ1n) is 5.14.